The summed E-state index contributed by atoms with van der Waals surface area (Å²) in [4.78, 5) is 47.6. The maximum atomic E-state index is 12.6. The third kappa shape index (κ3) is 4.19. The molecule has 1 aromatic carbocycles. The number of carboxylic acid groups (broad SMARTS) is 1. The third-order valence-corrected chi connectivity index (χ3v) is 4.51. The SMILES string of the molecule is COC(=O)c1ccc(C(=O)OC)c(NC(=O)[C@@H]2CCCC[C@@H]2C(=O)[O-])c1. The quantitative estimate of drug-likeness (QED) is 0.767. The summed E-state index contributed by atoms with van der Waals surface area (Å²) in [7, 11) is 2.40. The van der Waals surface area contributed by atoms with Crippen LogP contribution in [0.3, 0.4) is 0 Å². The number of hydrogen-bond acceptors (Lipinski definition) is 7. The summed E-state index contributed by atoms with van der Waals surface area (Å²) in [6.07, 6.45) is 2.22. The number of ether oxygens (including phenoxy) is 2. The van der Waals surface area contributed by atoms with Crippen molar-refractivity contribution in [3.8, 4) is 0 Å². The normalized spacial score (nSPS) is 19.3. The minimum Gasteiger partial charge on any atom is -0.550 e. The standard InChI is InChI=1S/C18H21NO7/c1-25-17(23)10-7-8-13(18(24)26-2)14(9-10)19-15(20)11-5-3-4-6-12(11)16(21)22/h7-9,11-12H,3-6H2,1-2H3,(H,19,20)(H,21,22)/p-1/t11-,12+/m1/s1. The number of carbonyl (C=O) groups is 4. The van der Waals surface area contributed by atoms with Crippen LogP contribution in [0.25, 0.3) is 0 Å². The highest BCUT2D eigenvalue weighted by Gasteiger charge is 2.32. The van der Waals surface area contributed by atoms with Crippen molar-refractivity contribution in [2.45, 2.75) is 25.7 Å². The maximum Gasteiger partial charge on any atom is 0.339 e. The molecule has 8 nitrogen and oxygen atoms in total. The van der Waals surface area contributed by atoms with Crippen LogP contribution in [0.15, 0.2) is 18.2 Å². The zero-order valence-corrected chi connectivity index (χ0v) is 14.6. The van der Waals surface area contributed by atoms with Gasteiger partial charge >= 0.3 is 11.9 Å². The lowest BCUT2D eigenvalue weighted by Crippen LogP contribution is -2.42. The van der Waals surface area contributed by atoms with Crippen LogP contribution < -0.4 is 10.4 Å². The number of esters is 2. The Morgan fingerprint density at radius 3 is 2.19 bits per heavy atom. The van der Waals surface area contributed by atoms with E-state index >= 15 is 0 Å². The third-order valence-electron chi connectivity index (χ3n) is 4.51. The fourth-order valence-electron chi connectivity index (χ4n) is 3.13. The van der Waals surface area contributed by atoms with Gasteiger partial charge in [0.05, 0.1) is 31.0 Å². The second-order valence-corrected chi connectivity index (χ2v) is 6.05. The van der Waals surface area contributed by atoms with Gasteiger partial charge in [-0.15, -0.1) is 0 Å². The number of rotatable bonds is 5. The van der Waals surface area contributed by atoms with E-state index in [0.29, 0.717) is 19.3 Å². The molecule has 1 fully saturated rings. The highest BCUT2D eigenvalue weighted by Crippen LogP contribution is 2.31. The topological polar surface area (TPSA) is 122 Å². The molecule has 1 aromatic rings. The zero-order valence-electron chi connectivity index (χ0n) is 14.6. The van der Waals surface area contributed by atoms with Crippen molar-refractivity contribution in [2.24, 2.45) is 11.8 Å². The Bertz CT molecular complexity index is 728. The molecular weight excluding hydrogens is 342 g/mol. The molecule has 0 saturated heterocycles. The molecule has 1 saturated carbocycles. The molecule has 0 bridgehead atoms. The van der Waals surface area contributed by atoms with Crippen LogP contribution in [0.5, 0.6) is 0 Å². The van der Waals surface area contributed by atoms with Crippen LogP contribution in [-0.4, -0.2) is 38.0 Å². The molecule has 1 aliphatic rings. The largest absolute Gasteiger partial charge is 0.550 e. The van der Waals surface area contributed by atoms with Crippen LogP contribution in [0.2, 0.25) is 0 Å². The predicted molar refractivity (Wildman–Crippen MR) is 88.2 cm³/mol. The van der Waals surface area contributed by atoms with Gasteiger partial charge in [-0.05, 0) is 31.0 Å². The van der Waals surface area contributed by atoms with Crippen molar-refractivity contribution in [1.82, 2.24) is 0 Å². The molecule has 0 aliphatic heterocycles. The number of methoxy groups -OCH3 is 2. The lowest BCUT2D eigenvalue weighted by Gasteiger charge is -2.31. The average Bonchev–Trinajstić information content (AvgIpc) is 2.66. The molecule has 0 heterocycles. The van der Waals surface area contributed by atoms with E-state index in [1.807, 2.05) is 0 Å². The Labute approximate surface area is 150 Å². The number of amides is 1. The summed E-state index contributed by atoms with van der Waals surface area (Å²) in [5.41, 5.74) is 0.247. The van der Waals surface area contributed by atoms with Crippen molar-refractivity contribution in [3.63, 3.8) is 0 Å². The number of hydrogen-bond donors (Lipinski definition) is 1. The van der Waals surface area contributed by atoms with Gasteiger partial charge in [-0.25, -0.2) is 9.59 Å². The first-order valence-corrected chi connectivity index (χ1v) is 8.21. The lowest BCUT2D eigenvalue weighted by atomic mass is 9.78. The van der Waals surface area contributed by atoms with E-state index in [-0.39, 0.29) is 16.8 Å². The number of carbonyl (C=O) groups excluding carboxylic acids is 4. The molecule has 0 unspecified atom stereocenters. The summed E-state index contributed by atoms with van der Waals surface area (Å²) < 4.78 is 9.31. The summed E-state index contributed by atoms with van der Waals surface area (Å²) in [6, 6.07) is 4.01. The Morgan fingerprint density at radius 1 is 1.00 bits per heavy atom. The summed E-state index contributed by atoms with van der Waals surface area (Å²) in [5, 5.41) is 13.9. The number of anilines is 1. The van der Waals surface area contributed by atoms with Gasteiger partial charge in [-0.1, -0.05) is 12.8 Å². The Morgan fingerprint density at radius 2 is 1.62 bits per heavy atom. The minimum atomic E-state index is -1.26. The van der Waals surface area contributed by atoms with Crippen LogP contribution in [0.4, 0.5) is 5.69 Å². The molecule has 2 rings (SSSR count). The molecule has 26 heavy (non-hydrogen) atoms. The minimum absolute atomic E-state index is 0.0503. The highest BCUT2D eigenvalue weighted by molar-refractivity contribution is 6.04. The molecule has 140 valence electrons. The molecule has 8 heteroatoms. The van der Waals surface area contributed by atoms with Gasteiger partial charge in [0.25, 0.3) is 0 Å². The van der Waals surface area contributed by atoms with Crippen LogP contribution >= 0.6 is 0 Å². The predicted octanol–water partition coefficient (Wildman–Crippen LogP) is 0.755. The van der Waals surface area contributed by atoms with Crippen molar-refractivity contribution in [1.29, 1.82) is 0 Å². The monoisotopic (exact) mass is 362 g/mol. The van der Waals surface area contributed by atoms with Gasteiger partial charge in [0.15, 0.2) is 0 Å². The van der Waals surface area contributed by atoms with Crippen molar-refractivity contribution in [2.75, 3.05) is 19.5 Å². The first-order valence-electron chi connectivity index (χ1n) is 8.21. The number of aliphatic carboxylic acids is 1. The zero-order chi connectivity index (χ0) is 19.3. The van der Waals surface area contributed by atoms with Gasteiger partial charge in [0, 0.05) is 17.8 Å². The fraction of sp³-hybridized carbons (Fsp3) is 0.444. The lowest BCUT2D eigenvalue weighted by molar-refractivity contribution is -0.313. The molecule has 0 spiro atoms. The van der Waals surface area contributed by atoms with E-state index < -0.39 is 35.7 Å². The number of nitrogens with one attached hydrogen (secondary N) is 1. The Hall–Kier alpha value is -2.90. The second kappa shape index (κ2) is 8.46. The summed E-state index contributed by atoms with van der Waals surface area (Å²) in [6.45, 7) is 0. The van der Waals surface area contributed by atoms with Gasteiger partial charge in [-0.3, -0.25) is 4.79 Å². The van der Waals surface area contributed by atoms with E-state index in [1.54, 1.807) is 0 Å². The smallest absolute Gasteiger partial charge is 0.339 e. The second-order valence-electron chi connectivity index (χ2n) is 6.05. The van der Waals surface area contributed by atoms with E-state index in [9.17, 15) is 24.3 Å². The van der Waals surface area contributed by atoms with Crippen molar-refractivity contribution in [3.05, 3.63) is 29.3 Å². The molecule has 1 N–H and O–H groups in total. The average molecular weight is 362 g/mol. The molecular formula is C18H20NO7-. The number of benzene rings is 1. The first kappa shape index (κ1) is 19.4. The maximum absolute atomic E-state index is 12.6. The summed E-state index contributed by atoms with van der Waals surface area (Å²) in [5.74, 6) is -4.78. The molecule has 1 amide bonds. The number of carboxylic acids is 1. The van der Waals surface area contributed by atoms with Gasteiger partial charge in [-0.2, -0.15) is 0 Å². The Balaban J connectivity index is 2.33. The molecule has 0 radical (unpaired) electrons. The van der Waals surface area contributed by atoms with Crippen molar-refractivity contribution >= 4 is 29.5 Å². The van der Waals surface area contributed by atoms with Crippen LogP contribution in [-0.2, 0) is 19.1 Å². The molecule has 0 aromatic heterocycles. The van der Waals surface area contributed by atoms with E-state index in [2.05, 4.69) is 14.8 Å². The summed E-state index contributed by atoms with van der Waals surface area (Å²) >= 11 is 0. The fourth-order valence-corrected chi connectivity index (χ4v) is 3.13. The Kier molecular flexibility index (Phi) is 6.32. The van der Waals surface area contributed by atoms with Crippen LogP contribution in [0, 0.1) is 11.8 Å². The van der Waals surface area contributed by atoms with E-state index in [0.717, 1.165) is 6.42 Å². The van der Waals surface area contributed by atoms with Gasteiger partial charge in [0.2, 0.25) is 5.91 Å². The first-order chi connectivity index (χ1) is 12.4. The van der Waals surface area contributed by atoms with E-state index in [4.69, 9.17) is 0 Å². The highest BCUT2D eigenvalue weighted by atomic mass is 16.5. The van der Waals surface area contributed by atoms with Gasteiger partial charge < -0.3 is 24.7 Å². The van der Waals surface area contributed by atoms with Gasteiger partial charge in [0.1, 0.15) is 0 Å². The molecule has 1 aliphatic carbocycles. The van der Waals surface area contributed by atoms with Crippen molar-refractivity contribution < 1.29 is 33.8 Å². The van der Waals surface area contributed by atoms with E-state index in [1.165, 1.54) is 32.4 Å². The molecule has 2 atom stereocenters. The van der Waals surface area contributed by atoms with Crippen LogP contribution in [0.1, 0.15) is 46.4 Å².